The van der Waals surface area contributed by atoms with Crippen molar-refractivity contribution in [2.24, 2.45) is 0 Å². The zero-order valence-corrected chi connectivity index (χ0v) is 7.91. The molecule has 13 heavy (non-hydrogen) atoms. The van der Waals surface area contributed by atoms with Crippen molar-refractivity contribution >= 4 is 11.6 Å². The molecule has 2 rings (SSSR count). The Morgan fingerprint density at radius 3 is 2.77 bits per heavy atom. The van der Waals surface area contributed by atoms with Crippen molar-refractivity contribution in [2.75, 3.05) is 0 Å². The van der Waals surface area contributed by atoms with Gasteiger partial charge in [-0.15, -0.1) is 11.6 Å². The van der Waals surface area contributed by atoms with Gasteiger partial charge >= 0.3 is 0 Å². The number of alkyl halides is 1. The molecule has 1 aliphatic carbocycles. The molecule has 0 saturated heterocycles. The van der Waals surface area contributed by atoms with Gasteiger partial charge in [0.2, 0.25) is 0 Å². The normalized spacial score (nSPS) is 26.2. The minimum atomic E-state index is -0.781. The minimum absolute atomic E-state index is 0.0215. The van der Waals surface area contributed by atoms with Crippen molar-refractivity contribution in [3.05, 3.63) is 34.9 Å². The molecule has 70 valence electrons. The third-order valence-corrected chi connectivity index (χ3v) is 2.97. The molecule has 0 N–H and O–H groups in total. The topological polar surface area (TPSA) is 0 Å². The number of hydrogen-bond acceptors (Lipinski definition) is 0. The van der Waals surface area contributed by atoms with Gasteiger partial charge in [-0.3, -0.25) is 0 Å². The summed E-state index contributed by atoms with van der Waals surface area (Å²) in [7, 11) is 0. The van der Waals surface area contributed by atoms with Gasteiger partial charge in [-0.05, 0) is 29.5 Å². The average molecular weight is 203 g/mol. The van der Waals surface area contributed by atoms with Crippen LogP contribution in [0.15, 0.2) is 12.1 Å². The standard InChI is InChI=1S/C10H9ClF2/c1-5-4-7(11)6-2-3-8(12)10(13)9(5)6/h2-3,5,7H,4H2,1H3. The number of hydrogen-bond donors (Lipinski definition) is 0. The first kappa shape index (κ1) is 8.95. The molecule has 1 aromatic carbocycles. The predicted molar refractivity (Wildman–Crippen MR) is 48.0 cm³/mol. The first-order chi connectivity index (χ1) is 6.11. The Morgan fingerprint density at radius 1 is 1.38 bits per heavy atom. The molecule has 0 bridgehead atoms. The summed E-state index contributed by atoms with van der Waals surface area (Å²) < 4.78 is 26.1. The first-order valence-corrected chi connectivity index (χ1v) is 4.66. The summed E-state index contributed by atoms with van der Waals surface area (Å²) in [5.74, 6) is -1.49. The highest BCUT2D eigenvalue weighted by atomic mass is 35.5. The van der Waals surface area contributed by atoms with Crippen LogP contribution in [0, 0.1) is 11.6 Å². The van der Waals surface area contributed by atoms with Crippen molar-refractivity contribution in [3.8, 4) is 0 Å². The van der Waals surface area contributed by atoms with Crippen LogP contribution in [0.5, 0.6) is 0 Å². The monoisotopic (exact) mass is 202 g/mol. The van der Waals surface area contributed by atoms with Gasteiger partial charge in [0, 0.05) is 0 Å². The van der Waals surface area contributed by atoms with E-state index in [0.717, 1.165) is 11.6 Å². The molecule has 0 nitrogen and oxygen atoms in total. The maximum Gasteiger partial charge on any atom is 0.162 e. The van der Waals surface area contributed by atoms with Gasteiger partial charge in [-0.2, -0.15) is 0 Å². The van der Waals surface area contributed by atoms with Crippen LogP contribution in [0.25, 0.3) is 0 Å². The molecule has 1 aromatic rings. The number of fused-ring (bicyclic) bond motifs is 1. The molecular formula is C10H9ClF2. The zero-order valence-electron chi connectivity index (χ0n) is 7.15. The second-order valence-corrected chi connectivity index (χ2v) is 4.00. The second-order valence-electron chi connectivity index (χ2n) is 3.47. The van der Waals surface area contributed by atoms with E-state index in [1.807, 2.05) is 6.92 Å². The third kappa shape index (κ3) is 1.24. The van der Waals surface area contributed by atoms with E-state index in [4.69, 9.17) is 11.6 Å². The molecule has 1 aliphatic rings. The van der Waals surface area contributed by atoms with Gasteiger partial charge in [0.05, 0.1) is 5.38 Å². The number of benzene rings is 1. The van der Waals surface area contributed by atoms with Crippen LogP contribution in [0.2, 0.25) is 0 Å². The van der Waals surface area contributed by atoms with E-state index in [0.29, 0.717) is 12.0 Å². The lowest BCUT2D eigenvalue weighted by molar-refractivity contribution is 0.494. The summed E-state index contributed by atoms with van der Waals surface area (Å²) >= 11 is 5.97. The van der Waals surface area contributed by atoms with Crippen LogP contribution in [0.3, 0.4) is 0 Å². The number of rotatable bonds is 0. The molecular weight excluding hydrogens is 194 g/mol. The molecule has 0 aromatic heterocycles. The second kappa shape index (κ2) is 2.95. The zero-order chi connectivity index (χ0) is 9.59. The summed E-state index contributed by atoms with van der Waals surface area (Å²) in [6, 6.07) is 2.72. The van der Waals surface area contributed by atoms with Crippen molar-refractivity contribution in [1.29, 1.82) is 0 Å². The fourth-order valence-corrected chi connectivity index (χ4v) is 2.37. The summed E-state index contributed by atoms with van der Waals surface area (Å²) in [5.41, 5.74) is 1.20. The fourth-order valence-electron chi connectivity index (χ4n) is 1.91. The highest BCUT2D eigenvalue weighted by molar-refractivity contribution is 6.21. The molecule has 0 saturated carbocycles. The van der Waals surface area contributed by atoms with Crippen LogP contribution in [-0.2, 0) is 0 Å². The molecule has 0 spiro atoms. The van der Waals surface area contributed by atoms with Gasteiger partial charge < -0.3 is 0 Å². The van der Waals surface area contributed by atoms with Gasteiger partial charge in [-0.1, -0.05) is 13.0 Å². The van der Waals surface area contributed by atoms with Crippen LogP contribution in [0.1, 0.15) is 35.8 Å². The molecule has 0 fully saturated rings. The maximum absolute atomic E-state index is 13.3. The van der Waals surface area contributed by atoms with E-state index >= 15 is 0 Å². The summed E-state index contributed by atoms with van der Waals surface area (Å²) in [6.45, 7) is 1.86. The van der Waals surface area contributed by atoms with E-state index < -0.39 is 11.6 Å². The first-order valence-electron chi connectivity index (χ1n) is 4.23. The quantitative estimate of drug-likeness (QED) is 0.562. The molecule has 0 amide bonds. The Morgan fingerprint density at radius 2 is 2.08 bits per heavy atom. The molecule has 3 heteroatoms. The van der Waals surface area contributed by atoms with E-state index in [1.165, 1.54) is 0 Å². The third-order valence-electron chi connectivity index (χ3n) is 2.56. The fraction of sp³-hybridized carbons (Fsp3) is 0.400. The van der Waals surface area contributed by atoms with Crippen LogP contribution in [0.4, 0.5) is 8.78 Å². The van der Waals surface area contributed by atoms with E-state index in [-0.39, 0.29) is 11.3 Å². The smallest absolute Gasteiger partial charge is 0.162 e. The lowest BCUT2D eigenvalue weighted by Gasteiger charge is -2.05. The maximum atomic E-state index is 13.3. The molecule has 0 radical (unpaired) electrons. The van der Waals surface area contributed by atoms with Crippen LogP contribution >= 0.6 is 11.6 Å². The highest BCUT2D eigenvalue weighted by Crippen LogP contribution is 2.45. The van der Waals surface area contributed by atoms with E-state index in [2.05, 4.69) is 0 Å². The van der Waals surface area contributed by atoms with Crippen molar-refractivity contribution in [3.63, 3.8) is 0 Å². The largest absolute Gasteiger partial charge is 0.204 e. The summed E-state index contributed by atoms with van der Waals surface area (Å²) in [5, 5.41) is -0.167. The number of halogens is 3. The Hall–Kier alpha value is -0.630. The minimum Gasteiger partial charge on any atom is -0.204 e. The van der Waals surface area contributed by atoms with Crippen molar-refractivity contribution in [1.82, 2.24) is 0 Å². The van der Waals surface area contributed by atoms with E-state index in [9.17, 15) is 8.78 Å². The Bertz CT molecular complexity index is 349. The lowest BCUT2D eigenvalue weighted by Crippen LogP contribution is -1.95. The van der Waals surface area contributed by atoms with Crippen molar-refractivity contribution in [2.45, 2.75) is 24.6 Å². The van der Waals surface area contributed by atoms with Gasteiger partial charge in [-0.25, -0.2) is 8.78 Å². The Labute approximate surface area is 80.5 Å². The van der Waals surface area contributed by atoms with E-state index in [1.54, 1.807) is 6.07 Å². The van der Waals surface area contributed by atoms with Gasteiger partial charge in [0.25, 0.3) is 0 Å². The summed E-state index contributed by atoms with van der Waals surface area (Å²) in [4.78, 5) is 0. The average Bonchev–Trinajstić information content (AvgIpc) is 2.35. The SMILES string of the molecule is CC1CC(Cl)c2ccc(F)c(F)c21. The molecule has 0 heterocycles. The predicted octanol–water partition coefficient (Wildman–Crippen LogP) is 3.75. The van der Waals surface area contributed by atoms with Gasteiger partial charge in [0.15, 0.2) is 11.6 Å². The Kier molecular flexibility index (Phi) is 2.03. The Balaban J connectivity index is 2.64. The lowest BCUT2D eigenvalue weighted by atomic mass is 10.0. The van der Waals surface area contributed by atoms with Crippen LogP contribution < -0.4 is 0 Å². The highest BCUT2D eigenvalue weighted by Gasteiger charge is 2.30. The molecule has 2 unspecified atom stereocenters. The van der Waals surface area contributed by atoms with Crippen LogP contribution in [-0.4, -0.2) is 0 Å². The van der Waals surface area contributed by atoms with Gasteiger partial charge in [0.1, 0.15) is 0 Å². The van der Waals surface area contributed by atoms with Crippen molar-refractivity contribution < 1.29 is 8.78 Å². The molecule has 0 aliphatic heterocycles. The molecule has 2 atom stereocenters. The summed E-state index contributed by atoms with van der Waals surface area (Å²) in [6.07, 6.45) is 0.692.